The van der Waals surface area contributed by atoms with E-state index in [-0.39, 0.29) is 24.3 Å². The molecule has 0 aliphatic rings. The molecule has 7 nitrogen and oxygen atoms in total. The van der Waals surface area contributed by atoms with Gasteiger partial charge in [-0.05, 0) is 49.4 Å². The third kappa shape index (κ3) is 9.00. The predicted molar refractivity (Wildman–Crippen MR) is 139 cm³/mol. The van der Waals surface area contributed by atoms with E-state index in [0.717, 1.165) is 29.7 Å². The highest BCUT2D eigenvalue weighted by Crippen LogP contribution is 2.21. The van der Waals surface area contributed by atoms with Crippen molar-refractivity contribution in [2.75, 3.05) is 20.3 Å². The van der Waals surface area contributed by atoms with Gasteiger partial charge in [-0.25, -0.2) is 0 Å². The van der Waals surface area contributed by atoms with Crippen LogP contribution in [-0.2, 0) is 14.3 Å². The minimum Gasteiger partial charge on any atom is -0.493 e. The molecular formula is C28H41N3O4. The normalized spacial score (nSPS) is 15.4. The van der Waals surface area contributed by atoms with Gasteiger partial charge in [-0.1, -0.05) is 62.7 Å². The maximum Gasteiger partial charge on any atom is 0.239 e. The molecule has 5 atom stereocenters. The fourth-order valence-electron chi connectivity index (χ4n) is 3.73. The molecule has 2 rings (SSSR count). The quantitative estimate of drug-likeness (QED) is 0.378. The van der Waals surface area contributed by atoms with Crippen molar-refractivity contribution in [3.63, 3.8) is 0 Å². The Kier molecular flexibility index (Phi) is 11.7. The molecule has 0 aliphatic heterocycles. The second kappa shape index (κ2) is 14.5. The molecule has 2 amide bonds. The number of nitrogens with two attached hydrogens (primary N) is 1. The minimum absolute atomic E-state index is 0.126. The van der Waals surface area contributed by atoms with Gasteiger partial charge in [0.2, 0.25) is 11.8 Å². The van der Waals surface area contributed by atoms with Crippen molar-refractivity contribution in [1.29, 1.82) is 0 Å². The van der Waals surface area contributed by atoms with Gasteiger partial charge >= 0.3 is 0 Å². The number of ether oxygens (including phenoxy) is 2. The van der Waals surface area contributed by atoms with Crippen molar-refractivity contribution in [2.45, 2.75) is 64.6 Å². The Morgan fingerprint density at radius 1 is 0.943 bits per heavy atom. The molecule has 0 spiro atoms. The first-order valence-electron chi connectivity index (χ1n) is 12.4. The summed E-state index contributed by atoms with van der Waals surface area (Å²) in [7, 11) is 1.51. The van der Waals surface area contributed by atoms with E-state index in [9.17, 15) is 9.59 Å². The lowest BCUT2D eigenvalue weighted by molar-refractivity contribution is -0.126. The largest absolute Gasteiger partial charge is 0.493 e. The number of methoxy groups -OCH3 is 1. The van der Waals surface area contributed by atoms with Crippen molar-refractivity contribution in [3.8, 4) is 5.75 Å². The number of benzene rings is 2. The SMILES string of the molecule is CCCC(C)COc1ccc([C@H](CNC(=O)[C@@H](N)[C@@H](C)OC)NC(=O)[C@@H](C)c2ccccc2)cc1. The van der Waals surface area contributed by atoms with E-state index >= 15 is 0 Å². The van der Waals surface area contributed by atoms with Gasteiger partial charge in [0.25, 0.3) is 0 Å². The standard InChI is InChI=1S/C28H41N3O4/c1-6-10-19(2)18-35-24-15-13-23(14-16-24)25(17-30-28(33)26(29)21(4)34-5)31-27(32)20(3)22-11-8-7-9-12-22/h7-9,11-16,19-21,25-26H,6,10,17-18,29H2,1-5H3,(H,30,33)(H,31,32)/t19?,20-,21+,25-,26-/m0/s1. The molecule has 0 saturated heterocycles. The molecule has 0 bridgehead atoms. The number of carbonyl (C=O) groups is 2. The summed E-state index contributed by atoms with van der Waals surface area (Å²) in [6, 6.07) is 16.0. The van der Waals surface area contributed by atoms with Crippen molar-refractivity contribution in [1.82, 2.24) is 10.6 Å². The smallest absolute Gasteiger partial charge is 0.239 e. The third-order valence-electron chi connectivity index (χ3n) is 6.27. The molecule has 0 saturated carbocycles. The summed E-state index contributed by atoms with van der Waals surface area (Å²) in [5.74, 6) is 0.464. The molecule has 0 fully saturated rings. The van der Waals surface area contributed by atoms with Crippen LogP contribution in [0.15, 0.2) is 54.6 Å². The van der Waals surface area contributed by atoms with Gasteiger partial charge in [0.15, 0.2) is 0 Å². The van der Waals surface area contributed by atoms with Crippen LogP contribution in [0.3, 0.4) is 0 Å². The van der Waals surface area contributed by atoms with Crippen LogP contribution >= 0.6 is 0 Å². The zero-order valence-electron chi connectivity index (χ0n) is 21.6. The van der Waals surface area contributed by atoms with Crippen LogP contribution in [0, 0.1) is 5.92 Å². The number of carbonyl (C=O) groups excluding carboxylic acids is 2. The summed E-state index contributed by atoms with van der Waals surface area (Å²) in [4.78, 5) is 25.6. The van der Waals surface area contributed by atoms with Gasteiger partial charge in [0.05, 0.1) is 24.7 Å². The summed E-state index contributed by atoms with van der Waals surface area (Å²) in [5, 5.41) is 5.95. The lowest BCUT2D eigenvalue weighted by Crippen LogP contribution is -2.50. The zero-order chi connectivity index (χ0) is 25.8. The Labute approximate surface area is 209 Å². The fraction of sp³-hybridized carbons (Fsp3) is 0.500. The van der Waals surface area contributed by atoms with Crippen LogP contribution in [0.25, 0.3) is 0 Å². The minimum atomic E-state index is -0.805. The molecule has 0 aliphatic carbocycles. The summed E-state index contributed by atoms with van der Waals surface area (Å²) >= 11 is 0. The Morgan fingerprint density at radius 2 is 1.60 bits per heavy atom. The highest BCUT2D eigenvalue weighted by molar-refractivity contribution is 5.84. The summed E-state index contributed by atoms with van der Waals surface area (Å²) in [6.45, 7) is 8.81. The maximum atomic E-state index is 13.1. The lowest BCUT2D eigenvalue weighted by atomic mass is 9.99. The first-order chi connectivity index (χ1) is 16.8. The molecule has 0 radical (unpaired) electrons. The van der Waals surface area contributed by atoms with E-state index < -0.39 is 18.2 Å². The van der Waals surface area contributed by atoms with Gasteiger partial charge in [0, 0.05) is 13.7 Å². The van der Waals surface area contributed by atoms with Crippen LogP contribution in [-0.4, -0.2) is 44.2 Å². The van der Waals surface area contributed by atoms with Crippen molar-refractivity contribution >= 4 is 11.8 Å². The highest BCUT2D eigenvalue weighted by Gasteiger charge is 2.24. The van der Waals surface area contributed by atoms with Gasteiger partial charge in [-0.2, -0.15) is 0 Å². The van der Waals surface area contributed by atoms with E-state index in [1.807, 2.05) is 61.5 Å². The predicted octanol–water partition coefficient (Wildman–Crippen LogP) is 3.94. The Bertz CT molecular complexity index is 904. The Balaban J connectivity index is 2.13. The molecule has 192 valence electrons. The fourth-order valence-corrected chi connectivity index (χ4v) is 3.73. The summed E-state index contributed by atoms with van der Waals surface area (Å²) in [6.07, 6.45) is 1.83. The second-order valence-corrected chi connectivity index (χ2v) is 9.18. The van der Waals surface area contributed by atoms with Crippen LogP contribution in [0.4, 0.5) is 0 Å². The monoisotopic (exact) mass is 483 g/mol. The molecule has 0 heterocycles. The molecule has 2 aromatic carbocycles. The first-order valence-corrected chi connectivity index (χ1v) is 12.4. The lowest BCUT2D eigenvalue weighted by Gasteiger charge is -2.24. The maximum absolute atomic E-state index is 13.1. The van der Waals surface area contributed by atoms with Crippen LogP contribution in [0.2, 0.25) is 0 Å². The molecule has 1 unspecified atom stereocenters. The third-order valence-corrected chi connectivity index (χ3v) is 6.27. The second-order valence-electron chi connectivity index (χ2n) is 9.18. The molecule has 4 N–H and O–H groups in total. The number of rotatable bonds is 14. The van der Waals surface area contributed by atoms with Crippen molar-refractivity contribution in [2.24, 2.45) is 11.7 Å². The van der Waals surface area contributed by atoms with Crippen molar-refractivity contribution in [3.05, 3.63) is 65.7 Å². The molecule has 35 heavy (non-hydrogen) atoms. The first kappa shape index (κ1) is 28.3. The van der Waals surface area contributed by atoms with E-state index in [4.69, 9.17) is 15.2 Å². The topological polar surface area (TPSA) is 103 Å². The van der Waals surface area contributed by atoms with Gasteiger partial charge < -0.3 is 25.8 Å². The highest BCUT2D eigenvalue weighted by atomic mass is 16.5. The molecule has 0 aromatic heterocycles. The van der Waals surface area contributed by atoms with E-state index in [1.54, 1.807) is 6.92 Å². The van der Waals surface area contributed by atoms with Crippen molar-refractivity contribution < 1.29 is 19.1 Å². The van der Waals surface area contributed by atoms with E-state index in [2.05, 4.69) is 24.5 Å². The average Bonchev–Trinajstić information content (AvgIpc) is 2.89. The number of amides is 2. The number of nitrogens with one attached hydrogen (secondary N) is 2. The number of hydrogen-bond donors (Lipinski definition) is 3. The van der Waals surface area contributed by atoms with E-state index in [1.165, 1.54) is 7.11 Å². The zero-order valence-corrected chi connectivity index (χ0v) is 21.6. The van der Waals surface area contributed by atoms with E-state index in [0.29, 0.717) is 12.5 Å². The average molecular weight is 484 g/mol. The molecule has 7 heteroatoms. The van der Waals surface area contributed by atoms with Crippen LogP contribution < -0.4 is 21.1 Å². The molecular weight excluding hydrogens is 442 g/mol. The van der Waals surface area contributed by atoms with Gasteiger partial charge in [-0.15, -0.1) is 0 Å². The van der Waals surface area contributed by atoms with Crippen LogP contribution in [0.1, 0.15) is 63.6 Å². The summed E-state index contributed by atoms with van der Waals surface area (Å²) < 4.78 is 11.1. The van der Waals surface area contributed by atoms with Gasteiger partial charge in [0.1, 0.15) is 11.8 Å². The van der Waals surface area contributed by atoms with Gasteiger partial charge in [-0.3, -0.25) is 9.59 Å². The summed E-state index contributed by atoms with van der Waals surface area (Å²) in [5.41, 5.74) is 7.77. The van der Waals surface area contributed by atoms with Crippen LogP contribution in [0.5, 0.6) is 5.75 Å². The Morgan fingerprint density at radius 3 is 2.20 bits per heavy atom. The molecule has 2 aromatic rings. The Hall–Kier alpha value is -2.90. The number of hydrogen-bond acceptors (Lipinski definition) is 5.